The molecule has 0 saturated heterocycles. The Hall–Kier alpha value is -2.31. The zero-order valence-corrected chi connectivity index (χ0v) is 13.6. The number of likely N-dealkylation sites (N-methyl/N-ethyl adjacent to an activating group) is 1. The normalized spacial score (nSPS) is 14.3. The van der Waals surface area contributed by atoms with E-state index in [1.54, 1.807) is 16.5 Å². The van der Waals surface area contributed by atoms with E-state index in [1.165, 1.54) is 4.68 Å². The minimum atomic E-state index is -0.183. The maximum Gasteiger partial charge on any atom is 0.346 e. The van der Waals surface area contributed by atoms with Gasteiger partial charge in [0.2, 0.25) is 5.91 Å². The highest BCUT2D eigenvalue weighted by Gasteiger charge is 2.19. The van der Waals surface area contributed by atoms with Crippen molar-refractivity contribution in [2.75, 3.05) is 7.05 Å². The molecule has 0 bridgehead atoms. The van der Waals surface area contributed by atoms with Gasteiger partial charge >= 0.3 is 5.69 Å². The zero-order chi connectivity index (χ0) is 16.4. The van der Waals surface area contributed by atoms with E-state index in [-0.39, 0.29) is 18.1 Å². The van der Waals surface area contributed by atoms with E-state index in [4.69, 9.17) is 4.42 Å². The molecular formula is C16H22N4O3. The average Bonchev–Trinajstić information content (AvgIpc) is 2.94. The summed E-state index contributed by atoms with van der Waals surface area (Å²) in [6, 6.07) is 3.72. The van der Waals surface area contributed by atoms with E-state index < -0.39 is 0 Å². The first-order valence-corrected chi connectivity index (χ1v) is 8.00. The van der Waals surface area contributed by atoms with Crippen LogP contribution in [0, 0.1) is 6.92 Å². The Balaban J connectivity index is 1.69. The summed E-state index contributed by atoms with van der Waals surface area (Å²) in [5, 5.41) is 4.34. The molecule has 0 aliphatic carbocycles. The van der Waals surface area contributed by atoms with Crippen molar-refractivity contribution in [3.05, 3.63) is 40.0 Å². The van der Waals surface area contributed by atoms with E-state index in [2.05, 4.69) is 5.10 Å². The number of nitrogens with zero attached hydrogens (tertiary/aromatic N) is 4. The Kier molecular flexibility index (Phi) is 4.36. The van der Waals surface area contributed by atoms with Crippen LogP contribution in [-0.2, 0) is 30.8 Å². The van der Waals surface area contributed by atoms with Gasteiger partial charge in [-0.15, -0.1) is 0 Å². The average molecular weight is 318 g/mol. The van der Waals surface area contributed by atoms with Gasteiger partial charge in [-0.25, -0.2) is 9.48 Å². The predicted molar refractivity (Wildman–Crippen MR) is 84.0 cm³/mol. The molecule has 0 N–H and O–H groups in total. The summed E-state index contributed by atoms with van der Waals surface area (Å²) in [6.45, 7) is 2.91. The summed E-state index contributed by atoms with van der Waals surface area (Å²) in [5.74, 6) is 2.18. The first-order valence-electron chi connectivity index (χ1n) is 8.00. The minimum absolute atomic E-state index is 0.0327. The van der Waals surface area contributed by atoms with Crippen LogP contribution in [0.5, 0.6) is 0 Å². The molecule has 2 aromatic heterocycles. The summed E-state index contributed by atoms with van der Waals surface area (Å²) >= 11 is 0. The van der Waals surface area contributed by atoms with Gasteiger partial charge in [0.25, 0.3) is 0 Å². The third-order valence-corrected chi connectivity index (χ3v) is 4.18. The van der Waals surface area contributed by atoms with Crippen molar-refractivity contribution >= 4 is 5.91 Å². The smallest absolute Gasteiger partial charge is 0.346 e. The van der Waals surface area contributed by atoms with Crippen LogP contribution in [0.3, 0.4) is 0 Å². The van der Waals surface area contributed by atoms with E-state index in [9.17, 15) is 9.59 Å². The highest BCUT2D eigenvalue weighted by Crippen LogP contribution is 2.11. The molecule has 23 heavy (non-hydrogen) atoms. The Labute approximate surface area is 134 Å². The van der Waals surface area contributed by atoms with Crippen molar-refractivity contribution in [2.45, 2.75) is 52.2 Å². The van der Waals surface area contributed by atoms with Crippen molar-refractivity contribution in [2.24, 2.45) is 0 Å². The van der Waals surface area contributed by atoms with E-state index in [0.29, 0.717) is 13.1 Å². The zero-order valence-electron chi connectivity index (χ0n) is 13.6. The minimum Gasteiger partial charge on any atom is -0.464 e. The van der Waals surface area contributed by atoms with Crippen LogP contribution in [-0.4, -0.2) is 32.2 Å². The summed E-state index contributed by atoms with van der Waals surface area (Å²) < 4.78 is 8.47. The molecule has 1 aliphatic heterocycles. The topological polar surface area (TPSA) is 73.3 Å². The predicted octanol–water partition coefficient (Wildman–Crippen LogP) is 1.33. The van der Waals surface area contributed by atoms with Gasteiger partial charge in [0, 0.05) is 20.0 Å². The highest BCUT2D eigenvalue weighted by molar-refractivity contribution is 5.75. The largest absolute Gasteiger partial charge is 0.464 e. The number of amides is 1. The van der Waals surface area contributed by atoms with Crippen molar-refractivity contribution in [3.8, 4) is 0 Å². The monoisotopic (exact) mass is 318 g/mol. The number of aromatic nitrogens is 3. The number of carbonyl (C=O) groups excluding carboxylic acids is 1. The standard InChI is InChI=1S/C16H22N4O3/c1-12-7-8-13(23-12)10-18(2)15(21)11-20-16(22)19-9-5-3-4-6-14(19)17-20/h7-8H,3-6,9-11H2,1-2H3. The fraction of sp³-hybridized carbons (Fsp3) is 0.562. The maximum atomic E-state index is 12.4. The molecule has 124 valence electrons. The second-order valence-corrected chi connectivity index (χ2v) is 6.08. The lowest BCUT2D eigenvalue weighted by molar-refractivity contribution is -0.131. The molecule has 1 aliphatic rings. The summed E-state index contributed by atoms with van der Waals surface area (Å²) in [6.07, 6.45) is 3.96. The molecule has 1 amide bonds. The third kappa shape index (κ3) is 3.38. The third-order valence-electron chi connectivity index (χ3n) is 4.18. The van der Waals surface area contributed by atoms with Crippen LogP contribution in [0.25, 0.3) is 0 Å². The Bertz CT molecular complexity index is 756. The highest BCUT2D eigenvalue weighted by atomic mass is 16.3. The molecule has 0 aromatic carbocycles. The number of hydrogen-bond acceptors (Lipinski definition) is 4. The molecular weight excluding hydrogens is 296 g/mol. The van der Waals surface area contributed by atoms with Crippen molar-refractivity contribution < 1.29 is 9.21 Å². The van der Waals surface area contributed by atoms with Gasteiger partial charge in [-0.1, -0.05) is 6.42 Å². The maximum absolute atomic E-state index is 12.4. The summed E-state index contributed by atoms with van der Waals surface area (Å²) in [4.78, 5) is 26.2. The Morgan fingerprint density at radius 1 is 1.35 bits per heavy atom. The lowest BCUT2D eigenvalue weighted by Gasteiger charge is -2.15. The first-order chi connectivity index (χ1) is 11.0. The van der Waals surface area contributed by atoms with Crippen LogP contribution in [0.1, 0.15) is 36.6 Å². The van der Waals surface area contributed by atoms with Crippen LogP contribution in [0.2, 0.25) is 0 Å². The van der Waals surface area contributed by atoms with Crippen LogP contribution in [0.4, 0.5) is 0 Å². The van der Waals surface area contributed by atoms with E-state index in [0.717, 1.165) is 43.0 Å². The van der Waals surface area contributed by atoms with Gasteiger partial charge in [0.1, 0.15) is 23.9 Å². The molecule has 3 heterocycles. The Morgan fingerprint density at radius 3 is 2.91 bits per heavy atom. The SMILES string of the molecule is Cc1ccc(CN(C)C(=O)Cn2nc3n(c2=O)CCCCC3)o1. The molecule has 3 rings (SSSR count). The van der Waals surface area contributed by atoms with Gasteiger partial charge < -0.3 is 9.32 Å². The number of furan rings is 1. The number of fused-ring (bicyclic) bond motifs is 1. The van der Waals surface area contributed by atoms with Gasteiger partial charge in [0.15, 0.2) is 0 Å². The second-order valence-electron chi connectivity index (χ2n) is 6.08. The first kappa shape index (κ1) is 15.6. The lowest BCUT2D eigenvalue weighted by atomic mass is 10.2. The van der Waals surface area contributed by atoms with E-state index >= 15 is 0 Å². The molecule has 2 aromatic rings. The van der Waals surface area contributed by atoms with Crippen LogP contribution < -0.4 is 5.69 Å². The molecule has 7 nitrogen and oxygen atoms in total. The molecule has 0 radical (unpaired) electrons. The lowest BCUT2D eigenvalue weighted by Crippen LogP contribution is -2.34. The number of rotatable bonds is 4. The molecule has 7 heteroatoms. The van der Waals surface area contributed by atoms with Crippen LogP contribution >= 0.6 is 0 Å². The number of aryl methyl sites for hydroxylation is 2. The quantitative estimate of drug-likeness (QED) is 0.852. The van der Waals surface area contributed by atoms with Gasteiger partial charge in [0.05, 0.1) is 6.54 Å². The fourth-order valence-electron chi connectivity index (χ4n) is 2.87. The van der Waals surface area contributed by atoms with Crippen LogP contribution in [0.15, 0.2) is 21.3 Å². The molecule has 0 saturated carbocycles. The van der Waals surface area contributed by atoms with Crippen molar-refractivity contribution in [1.82, 2.24) is 19.2 Å². The molecule has 0 fully saturated rings. The second kappa shape index (κ2) is 6.44. The molecule has 0 atom stereocenters. The van der Waals surface area contributed by atoms with E-state index in [1.807, 2.05) is 19.1 Å². The Morgan fingerprint density at radius 2 is 2.17 bits per heavy atom. The summed E-state index contributed by atoms with van der Waals surface area (Å²) in [7, 11) is 1.70. The van der Waals surface area contributed by atoms with Gasteiger partial charge in [-0.2, -0.15) is 5.10 Å². The van der Waals surface area contributed by atoms with Gasteiger partial charge in [-0.3, -0.25) is 9.36 Å². The fourth-order valence-corrected chi connectivity index (χ4v) is 2.87. The molecule has 0 unspecified atom stereocenters. The number of carbonyl (C=O) groups is 1. The van der Waals surface area contributed by atoms with Gasteiger partial charge in [-0.05, 0) is 31.9 Å². The van der Waals surface area contributed by atoms with Crippen molar-refractivity contribution in [1.29, 1.82) is 0 Å². The summed E-state index contributed by atoms with van der Waals surface area (Å²) in [5.41, 5.74) is -0.183. The van der Waals surface area contributed by atoms with Crippen molar-refractivity contribution in [3.63, 3.8) is 0 Å². The number of hydrogen-bond donors (Lipinski definition) is 0. The molecule has 0 spiro atoms.